The number of imidazole rings is 1. The normalized spacial score (nSPS) is 11.2. The predicted molar refractivity (Wildman–Crippen MR) is 88.0 cm³/mol. The van der Waals surface area contributed by atoms with Crippen LogP contribution in [0.1, 0.15) is 11.5 Å². The van der Waals surface area contributed by atoms with Gasteiger partial charge >= 0.3 is 0 Å². The van der Waals surface area contributed by atoms with Crippen molar-refractivity contribution in [1.29, 1.82) is 0 Å². The summed E-state index contributed by atoms with van der Waals surface area (Å²) in [6.07, 6.45) is 2.24. The minimum absolute atomic E-state index is 0.249. The molecule has 0 spiro atoms. The van der Waals surface area contributed by atoms with Gasteiger partial charge in [0.05, 0.1) is 26.8 Å². The van der Waals surface area contributed by atoms with Gasteiger partial charge in [-0.05, 0) is 40.8 Å². The average molecular weight is 417 g/mol. The topological polar surface area (TPSA) is 43.6 Å². The lowest BCUT2D eigenvalue weighted by Crippen LogP contribution is -2.07. The van der Waals surface area contributed by atoms with Crippen molar-refractivity contribution in [3.8, 4) is 0 Å². The Kier molecular flexibility index (Phi) is 4.34. The largest absolute Gasteiger partial charge is 0.322 e. The summed E-state index contributed by atoms with van der Waals surface area (Å²) in [4.78, 5) is 4.56. The van der Waals surface area contributed by atoms with E-state index in [1.165, 1.54) is 6.07 Å². The van der Waals surface area contributed by atoms with E-state index >= 15 is 0 Å². The van der Waals surface area contributed by atoms with E-state index in [9.17, 15) is 4.39 Å². The second kappa shape index (κ2) is 6.23. The van der Waals surface area contributed by atoms with Crippen LogP contribution in [0.15, 0.2) is 30.5 Å². The Bertz CT molecular complexity index is 775. The molecule has 0 aliphatic rings. The van der Waals surface area contributed by atoms with Crippen LogP contribution in [0.4, 0.5) is 4.39 Å². The third-order valence-electron chi connectivity index (χ3n) is 3.14. The van der Waals surface area contributed by atoms with Gasteiger partial charge in [-0.1, -0.05) is 0 Å². The van der Waals surface area contributed by atoms with E-state index < -0.39 is 0 Å². The van der Waals surface area contributed by atoms with Gasteiger partial charge in [0, 0.05) is 24.6 Å². The van der Waals surface area contributed by atoms with Crippen molar-refractivity contribution in [2.45, 2.75) is 13.0 Å². The molecule has 0 saturated heterocycles. The molecule has 0 aliphatic carbocycles. The highest BCUT2D eigenvalue weighted by Gasteiger charge is 2.14. The molecule has 3 aromatic rings. The van der Waals surface area contributed by atoms with E-state index in [1.807, 2.05) is 39.3 Å². The minimum atomic E-state index is -0.249. The quantitative estimate of drug-likeness (QED) is 0.484. The summed E-state index contributed by atoms with van der Waals surface area (Å²) < 4.78 is 16.4. The molecule has 1 aromatic carbocycles. The van der Waals surface area contributed by atoms with Gasteiger partial charge in [-0.15, -0.1) is 11.6 Å². The Morgan fingerprint density at radius 2 is 2.19 bits per heavy atom. The molecule has 0 atom stereocenters. The number of benzene rings is 1. The van der Waals surface area contributed by atoms with Crippen molar-refractivity contribution < 1.29 is 4.39 Å². The Balaban J connectivity index is 2.13. The van der Waals surface area contributed by atoms with Crippen LogP contribution in [0.3, 0.4) is 0 Å². The van der Waals surface area contributed by atoms with Crippen LogP contribution in [0.5, 0.6) is 0 Å². The molecule has 0 amide bonds. The molecule has 108 valence electrons. The first-order valence-electron chi connectivity index (χ1n) is 6.35. The van der Waals surface area contributed by atoms with Gasteiger partial charge in [0.2, 0.25) is 0 Å². The molecule has 0 bridgehead atoms. The summed E-state index contributed by atoms with van der Waals surface area (Å²) in [5, 5.41) is 7.94. The lowest BCUT2D eigenvalue weighted by molar-refractivity contribution is 0.620. The Morgan fingerprint density at radius 3 is 2.90 bits per heavy atom. The zero-order valence-corrected chi connectivity index (χ0v) is 13.8. The molecule has 7 heteroatoms. The number of hydrogen-bond donors (Lipinski definition) is 0. The first-order chi connectivity index (χ1) is 10.2. The number of rotatable bonds is 4. The van der Waals surface area contributed by atoms with Crippen LogP contribution in [-0.2, 0) is 13.0 Å². The number of halogens is 3. The Hall–Kier alpha value is -1.28. The number of fused-ring (bicyclic) bond motifs is 1. The average Bonchev–Trinajstić information content (AvgIpc) is 2.79. The first-order valence-corrected chi connectivity index (χ1v) is 7.97. The van der Waals surface area contributed by atoms with Crippen molar-refractivity contribution in [3.63, 3.8) is 0 Å². The monoisotopic (exact) mass is 416 g/mol. The van der Waals surface area contributed by atoms with Crippen LogP contribution in [0.2, 0.25) is 0 Å². The van der Waals surface area contributed by atoms with Gasteiger partial charge in [0.15, 0.2) is 0 Å². The van der Waals surface area contributed by atoms with Crippen molar-refractivity contribution in [1.82, 2.24) is 19.7 Å². The second-order valence-electron chi connectivity index (χ2n) is 4.52. The molecule has 4 nitrogen and oxygen atoms in total. The minimum Gasteiger partial charge on any atom is -0.322 e. The van der Waals surface area contributed by atoms with Crippen LogP contribution in [0, 0.1) is 9.39 Å². The number of alkyl halides is 1. The molecule has 0 fully saturated rings. The van der Waals surface area contributed by atoms with E-state index in [0.29, 0.717) is 22.4 Å². The Labute approximate surface area is 139 Å². The van der Waals surface area contributed by atoms with Crippen molar-refractivity contribution in [3.05, 3.63) is 51.4 Å². The maximum atomic E-state index is 13.9. The zero-order valence-electron chi connectivity index (χ0n) is 10.9. The molecule has 2 heterocycles. The standard InChI is InChI=1S/C14H11ClFIN4/c15-4-3-14-19-12-7-11(17)10(16)6-13(12)21(14)8-9-2-1-5-18-20-9/h1-2,5-7H,3-4,8H2. The number of aromatic nitrogens is 4. The highest BCUT2D eigenvalue weighted by Crippen LogP contribution is 2.23. The summed E-state index contributed by atoms with van der Waals surface area (Å²) >= 11 is 7.81. The Morgan fingerprint density at radius 1 is 1.33 bits per heavy atom. The fraction of sp³-hybridized carbons (Fsp3) is 0.214. The summed E-state index contributed by atoms with van der Waals surface area (Å²) in [6, 6.07) is 6.97. The van der Waals surface area contributed by atoms with E-state index in [2.05, 4.69) is 15.2 Å². The highest BCUT2D eigenvalue weighted by atomic mass is 127. The number of aryl methyl sites for hydroxylation is 1. The third-order valence-corrected chi connectivity index (χ3v) is 4.15. The smallest absolute Gasteiger partial charge is 0.138 e. The molecular formula is C14H11ClFIN4. The van der Waals surface area contributed by atoms with Crippen molar-refractivity contribution in [2.75, 3.05) is 5.88 Å². The SMILES string of the molecule is Fc1cc2c(cc1I)nc(CCCl)n2Cc1cccnn1. The maximum absolute atomic E-state index is 13.9. The van der Waals surface area contributed by atoms with Gasteiger partial charge in [-0.3, -0.25) is 0 Å². The third kappa shape index (κ3) is 3.01. The summed E-state index contributed by atoms with van der Waals surface area (Å²) in [5.74, 6) is 1.04. The van der Waals surface area contributed by atoms with E-state index in [0.717, 1.165) is 22.6 Å². The summed E-state index contributed by atoms with van der Waals surface area (Å²) in [7, 11) is 0. The lowest BCUT2D eigenvalue weighted by Gasteiger charge is -2.07. The molecular weight excluding hydrogens is 406 g/mol. The zero-order chi connectivity index (χ0) is 14.8. The van der Waals surface area contributed by atoms with Gasteiger partial charge < -0.3 is 4.57 Å². The first kappa shape index (κ1) is 14.6. The summed E-state index contributed by atoms with van der Waals surface area (Å²) in [5.41, 5.74) is 2.31. The van der Waals surface area contributed by atoms with Gasteiger partial charge in [0.1, 0.15) is 11.6 Å². The second-order valence-corrected chi connectivity index (χ2v) is 6.06. The molecule has 0 aliphatic heterocycles. The predicted octanol–water partition coefficient (Wildman–Crippen LogP) is 3.40. The fourth-order valence-electron chi connectivity index (χ4n) is 2.20. The van der Waals surface area contributed by atoms with Crippen LogP contribution < -0.4 is 0 Å². The van der Waals surface area contributed by atoms with Crippen LogP contribution in [0.25, 0.3) is 11.0 Å². The van der Waals surface area contributed by atoms with Gasteiger partial charge in [0.25, 0.3) is 0 Å². The van der Waals surface area contributed by atoms with Crippen molar-refractivity contribution in [2.24, 2.45) is 0 Å². The highest BCUT2D eigenvalue weighted by molar-refractivity contribution is 14.1. The molecule has 0 saturated carbocycles. The van der Waals surface area contributed by atoms with E-state index in [4.69, 9.17) is 11.6 Å². The van der Waals surface area contributed by atoms with E-state index in [-0.39, 0.29) is 5.82 Å². The van der Waals surface area contributed by atoms with Gasteiger partial charge in [-0.25, -0.2) is 9.37 Å². The molecule has 0 radical (unpaired) electrons. The van der Waals surface area contributed by atoms with Gasteiger partial charge in [-0.2, -0.15) is 10.2 Å². The maximum Gasteiger partial charge on any atom is 0.138 e. The number of nitrogens with zero attached hydrogens (tertiary/aromatic N) is 4. The number of hydrogen-bond acceptors (Lipinski definition) is 3. The van der Waals surface area contributed by atoms with E-state index in [1.54, 1.807) is 12.3 Å². The van der Waals surface area contributed by atoms with Crippen LogP contribution in [-0.4, -0.2) is 25.6 Å². The summed E-state index contributed by atoms with van der Waals surface area (Å²) in [6.45, 7) is 0.497. The lowest BCUT2D eigenvalue weighted by atomic mass is 10.3. The molecule has 0 unspecified atom stereocenters. The van der Waals surface area contributed by atoms with Crippen molar-refractivity contribution >= 4 is 45.2 Å². The molecule has 0 N–H and O–H groups in total. The van der Waals surface area contributed by atoms with Crippen LogP contribution >= 0.6 is 34.2 Å². The molecule has 2 aromatic heterocycles. The molecule has 3 rings (SSSR count). The fourth-order valence-corrected chi connectivity index (χ4v) is 2.82. The molecule has 21 heavy (non-hydrogen) atoms.